The molecule has 1 fully saturated rings. The molecule has 0 bridgehead atoms. The van der Waals surface area contributed by atoms with E-state index in [2.05, 4.69) is 27.2 Å². The molecule has 1 aliphatic rings. The number of aliphatic hydroxyl groups is 1. The van der Waals surface area contributed by atoms with Crippen LogP contribution in [0.4, 0.5) is 5.82 Å². The average molecular weight is 802 g/mol. The van der Waals surface area contributed by atoms with E-state index in [-0.39, 0.29) is 17.5 Å². The predicted octanol–water partition coefficient (Wildman–Crippen LogP) is 8.51. The zero-order chi connectivity index (χ0) is 41.0. The van der Waals surface area contributed by atoms with Crippen LogP contribution in [0.1, 0.15) is 144 Å². The van der Waals surface area contributed by atoms with Gasteiger partial charge in [0, 0.05) is 19.5 Å². The maximum Gasteiger partial charge on any atom is 0.459 e. The molecule has 1 amide bonds. The predicted molar refractivity (Wildman–Crippen MR) is 216 cm³/mol. The first kappa shape index (κ1) is 46.8. The van der Waals surface area contributed by atoms with Gasteiger partial charge in [-0.3, -0.25) is 18.7 Å². The highest BCUT2D eigenvalue weighted by molar-refractivity contribution is 7.52. The first-order valence-electron chi connectivity index (χ1n) is 20.4. The maximum atomic E-state index is 13.9. The SMILES string of the molecule is [C-]#[N+][C@@]1(C)C(n2ccc(NC(=O)CCCCCCCCCCCCCCCCC)nc2=O)O[C@H](CO[P@](=O)(N[C@@H](C)C(=O)OC(C)C)Oc2ccccc2)[C@H]1O. The van der Waals surface area contributed by atoms with Gasteiger partial charge in [0.2, 0.25) is 12.1 Å². The van der Waals surface area contributed by atoms with Crippen molar-refractivity contribution in [3.8, 4) is 5.75 Å². The molecule has 15 heteroatoms. The molecule has 1 aliphatic heterocycles. The molecular weight excluding hydrogens is 737 g/mol. The molecular formula is C41H64N5O9P. The zero-order valence-corrected chi connectivity index (χ0v) is 34.8. The Balaban J connectivity index is 1.49. The summed E-state index contributed by atoms with van der Waals surface area (Å²) in [5, 5.41) is 16.5. The number of carbonyl (C=O) groups excluding carboxylic acids is 2. The number of benzene rings is 1. The van der Waals surface area contributed by atoms with Crippen LogP contribution in [0, 0.1) is 6.57 Å². The number of unbranched alkanes of at least 4 members (excludes halogenated alkanes) is 14. The average Bonchev–Trinajstić information content (AvgIpc) is 3.41. The van der Waals surface area contributed by atoms with Gasteiger partial charge in [-0.2, -0.15) is 10.1 Å². The fraction of sp³-hybridized carbons (Fsp3) is 0.683. The maximum absolute atomic E-state index is 13.9. The number of nitrogens with one attached hydrogen (secondary N) is 2. The first-order valence-corrected chi connectivity index (χ1v) is 21.9. The van der Waals surface area contributed by atoms with Crippen LogP contribution in [0.25, 0.3) is 4.85 Å². The summed E-state index contributed by atoms with van der Waals surface area (Å²) >= 11 is 0. The topological polar surface area (TPSA) is 172 Å². The summed E-state index contributed by atoms with van der Waals surface area (Å²) in [5.74, 6) is -0.683. The van der Waals surface area contributed by atoms with Crippen LogP contribution < -0.4 is 20.6 Å². The summed E-state index contributed by atoms with van der Waals surface area (Å²) in [6.07, 6.45) is 15.7. The Labute approximate surface area is 332 Å². The molecule has 3 N–H and O–H groups in total. The third kappa shape index (κ3) is 15.4. The second-order valence-electron chi connectivity index (χ2n) is 15.1. The van der Waals surface area contributed by atoms with Crippen molar-refractivity contribution in [3.05, 3.63) is 64.5 Å². The van der Waals surface area contributed by atoms with Crippen molar-refractivity contribution in [2.45, 2.75) is 173 Å². The van der Waals surface area contributed by atoms with Crippen molar-refractivity contribution < 1.29 is 37.8 Å². The standard InChI is InChI=1S/C41H64N5O9P/c1-7-8-9-10-11-12-13-14-15-16-17-18-19-20-24-27-36(47)43-35-28-29-46(40(50)44-35)39-41(5,42-6)37(48)34(54-39)30-52-56(51,55-33-25-22-21-23-26-33)45-32(4)38(49)53-31(2)3/h21-23,25-26,28-29,31-32,34,37,39,48H,7-20,24,27,30H2,1-5H3,(H,45,51)(H,43,44,47,50)/t32-,34+,37+,39?,41+,56+/m0/s1. The number of hydrogen-bond acceptors (Lipinski definition) is 10. The molecule has 1 saturated heterocycles. The molecule has 1 unspecified atom stereocenters. The summed E-state index contributed by atoms with van der Waals surface area (Å²) in [6.45, 7) is 15.8. The third-order valence-corrected chi connectivity index (χ3v) is 11.4. The van der Waals surface area contributed by atoms with Gasteiger partial charge in [0.05, 0.1) is 12.7 Å². The van der Waals surface area contributed by atoms with Crippen molar-refractivity contribution in [3.63, 3.8) is 0 Å². The number of hydrogen-bond donors (Lipinski definition) is 3. The van der Waals surface area contributed by atoms with Crippen LogP contribution in [-0.4, -0.2) is 63.0 Å². The molecule has 312 valence electrons. The normalized spacial score (nSPS) is 20.9. The van der Waals surface area contributed by atoms with E-state index in [1.54, 1.807) is 44.2 Å². The molecule has 14 nitrogen and oxygen atoms in total. The van der Waals surface area contributed by atoms with E-state index in [9.17, 15) is 24.1 Å². The van der Waals surface area contributed by atoms with Gasteiger partial charge in [0.15, 0.2) is 6.10 Å². The van der Waals surface area contributed by atoms with E-state index in [1.165, 1.54) is 103 Å². The summed E-state index contributed by atoms with van der Waals surface area (Å²) in [7, 11) is -4.31. The van der Waals surface area contributed by atoms with Gasteiger partial charge >= 0.3 is 24.9 Å². The molecule has 0 radical (unpaired) electrons. The summed E-state index contributed by atoms with van der Waals surface area (Å²) in [4.78, 5) is 45.9. The molecule has 0 aliphatic carbocycles. The van der Waals surface area contributed by atoms with E-state index in [1.807, 2.05) is 0 Å². The van der Waals surface area contributed by atoms with E-state index in [4.69, 9.17) is 25.1 Å². The number of aliphatic hydroxyl groups excluding tert-OH is 1. The summed E-state index contributed by atoms with van der Waals surface area (Å²) < 4.78 is 37.6. The molecule has 6 atom stereocenters. The smallest absolute Gasteiger partial charge is 0.459 e. The lowest BCUT2D eigenvalue weighted by Crippen LogP contribution is -2.44. The van der Waals surface area contributed by atoms with Gasteiger partial charge in [-0.25, -0.2) is 15.9 Å². The van der Waals surface area contributed by atoms with Crippen LogP contribution >= 0.6 is 7.75 Å². The molecule has 2 aromatic rings. The van der Waals surface area contributed by atoms with E-state index >= 15 is 0 Å². The van der Waals surface area contributed by atoms with Gasteiger partial charge in [-0.15, -0.1) is 0 Å². The van der Waals surface area contributed by atoms with Gasteiger partial charge in [-0.1, -0.05) is 115 Å². The van der Waals surface area contributed by atoms with E-state index < -0.39 is 62.1 Å². The Morgan fingerprint density at radius 1 is 0.964 bits per heavy atom. The Morgan fingerprint density at radius 3 is 2.07 bits per heavy atom. The monoisotopic (exact) mass is 801 g/mol. The zero-order valence-electron chi connectivity index (χ0n) is 34.0. The molecule has 2 heterocycles. The number of esters is 1. The van der Waals surface area contributed by atoms with Crippen LogP contribution in [0.2, 0.25) is 0 Å². The fourth-order valence-corrected chi connectivity index (χ4v) is 8.03. The summed E-state index contributed by atoms with van der Waals surface area (Å²) in [5.41, 5.74) is -2.48. The number of aromatic nitrogens is 2. The third-order valence-electron chi connectivity index (χ3n) is 9.79. The lowest BCUT2D eigenvalue weighted by Gasteiger charge is -2.25. The quantitative estimate of drug-likeness (QED) is 0.0342. The first-order chi connectivity index (χ1) is 26.8. The molecule has 0 saturated carbocycles. The highest BCUT2D eigenvalue weighted by Gasteiger charge is 2.61. The Hall–Kier alpha value is -3.60. The minimum absolute atomic E-state index is 0.0651. The van der Waals surface area contributed by atoms with Crippen molar-refractivity contribution in [2.75, 3.05) is 11.9 Å². The minimum Gasteiger partial charge on any atom is -0.462 e. The Bertz CT molecular complexity index is 1630. The number of anilines is 1. The highest BCUT2D eigenvalue weighted by Crippen LogP contribution is 2.47. The van der Waals surface area contributed by atoms with Crippen LogP contribution in [-0.2, 0) is 28.2 Å². The van der Waals surface area contributed by atoms with Gasteiger partial charge in [-0.05, 0) is 45.4 Å². The van der Waals surface area contributed by atoms with Crippen molar-refractivity contribution in [1.82, 2.24) is 14.6 Å². The number of ether oxygens (including phenoxy) is 2. The molecule has 1 aromatic carbocycles. The molecule has 0 spiro atoms. The van der Waals surface area contributed by atoms with Crippen molar-refractivity contribution >= 4 is 25.4 Å². The Morgan fingerprint density at radius 2 is 1.54 bits per heavy atom. The lowest BCUT2D eigenvalue weighted by molar-refractivity contribution is -0.149. The van der Waals surface area contributed by atoms with E-state index in [0.717, 1.165) is 23.8 Å². The highest BCUT2D eigenvalue weighted by atomic mass is 31.2. The second-order valence-corrected chi connectivity index (χ2v) is 16.8. The lowest BCUT2D eigenvalue weighted by atomic mass is 9.93. The van der Waals surface area contributed by atoms with Crippen LogP contribution in [0.15, 0.2) is 47.4 Å². The van der Waals surface area contributed by atoms with Crippen LogP contribution in [0.3, 0.4) is 0 Å². The van der Waals surface area contributed by atoms with E-state index in [0.29, 0.717) is 6.42 Å². The van der Waals surface area contributed by atoms with Gasteiger partial charge in [0.1, 0.15) is 23.7 Å². The molecule has 3 rings (SSSR count). The van der Waals surface area contributed by atoms with Crippen molar-refractivity contribution in [1.29, 1.82) is 0 Å². The van der Waals surface area contributed by atoms with Gasteiger partial charge < -0.3 is 29.3 Å². The number of amides is 1. The molecule has 56 heavy (non-hydrogen) atoms. The van der Waals surface area contributed by atoms with Crippen LogP contribution in [0.5, 0.6) is 5.75 Å². The van der Waals surface area contributed by atoms with Crippen molar-refractivity contribution in [2.24, 2.45) is 0 Å². The summed E-state index contributed by atoms with van der Waals surface area (Å²) in [6, 6.07) is 8.49. The number of para-hydroxylation sites is 1. The van der Waals surface area contributed by atoms with Gasteiger partial charge in [0.25, 0.3) is 0 Å². The number of rotatable bonds is 27. The fourth-order valence-electron chi connectivity index (χ4n) is 6.53. The minimum atomic E-state index is -4.31. The largest absolute Gasteiger partial charge is 0.462 e. The second kappa shape index (κ2) is 24.2. The number of nitrogens with zero attached hydrogens (tertiary/aromatic N) is 3. The number of carbonyl (C=O) groups is 2. The molecule has 1 aromatic heterocycles. The Kier molecular flexibility index (Phi) is 20.2.